The van der Waals surface area contributed by atoms with Crippen LogP contribution in [-0.2, 0) is 9.63 Å². The van der Waals surface area contributed by atoms with Gasteiger partial charge in [0.2, 0.25) is 6.61 Å². The summed E-state index contributed by atoms with van der Waals surface area (Å²) in [6.07, 6.45) is 1.60. The minimum absolute atomic E-state index is 0.358. The summed E-state index contributed by atoms with van der Waals surface area (Å²) in [4.78, 5) is 14.5. The molecular formula is C7H13NO3. The van der Waals surface area contributed by atoms with Gasteiger partial charge in [-0.3, -0.25) is 0 Å². The third-order valence-corrected chi connectivity index (χ3v) is 1.20. The van der Waals surface area contributed by atoms with Gasteiger partial charge in [0, 0.05) is 0 Å². The summed E-state index contributed by atoms with van der Waals surface area (Å²) < 4.78 is 0. The minimum Gasteiger partial charge on any atom is -0.479 e. The van der Waals surface area contributed by atoms with E-state index in [1.165, 1.54) is 0 Å². The van der Waals surface area contributed by atoms with Gasteiger partial charge in [0.1, 0.15) is 0 Å². The van der Waals surface area contributed by atoms with E-state index in [4.69, 9.17) is 5.11 Å². The Hall–Kier alpha value is -1.06. The Balaban J connectivity index is 3.61. The monoisotopic (exact) mass is 159 g/mol. The highest BCUT2D eigenvalue weighted by molar-refractivity contribution is 5.83. The lowest BCUT2D eigenvalue weighted by Gasteiger charge is -1.98. The van der Waals surface area contributed by atoms with Crippen molar-refractivity contribution >= 4 is 11.7 Å². The van der Waals surface area contributed by atoms with E-state index in [2.05, 4.69) is 9.99 Å². The van der Waals surface area contributed by atoms with Crippen molar-refractivity contribution in [2.75, 3.05) is 6.61 Å². The van der Waals surface area contributed by atoms with Crippen LogP contribution in [0.4, 0.5) is 0 Å². The molecule has 0 amide bonds. The van der Waals surface area contributed by atoms with Gasteiger partial charge in [0.25, 0.3) is 0 Å². The van der Waals surface area contributed by atoms with Crippen LogP contribution < -0.4 is 0 Å². The summed E-state index contributed by atoms with van der Waals surface area (Å²) in [5.41, 5.74) is 0.881. The Morgan fingerprint density at radius 1 is 1.45 bits per heavy atom. The molecule has 0 atom stereocenters. The fraction of sp³-hybridized carbons (Fsp3) is 0.714. The van der Waals surface area contributed by atoms with Crippen molar-refractivity contribution in [1.29, 1.82) is 0 Å². The Morgan fingerprint density at radius 2 is 2.00 bits per heavy atom. The first-order valence-corrected chi connectivity index (χ1v) is 3.60. The first kappa shape index (κ1) is 9.94. The maximum atomic E-state index is 9.96. The average Bonchev–Trinajstić information content (AvgIpc) is 1.98. The molecule has 0 heterocycles. The van der Waals surface area contributed by atoms with Crippen LogP contribution in [0.2, 0.25) is 0 Å². The molecule has 4 nitrogen and oxygen atoms in total. The Labute approximate surface area is 65.8 Å². The van der Waals surface area contributed by atoms with Gasteiger partial charge in [0.05, 0.1) is 5.71 Å². The first-order valence-electron chi connectivity index (χ1n) is 3.60. The second kappa shape index (κ2) is 5.70. The van der Waals surface area contributed by atoms with E-state index in [1.807, 2.05) is 13.8 Å². The number of nitrogens with zero attached hydrogens (tertiary/aromatic N) is 1. The van der Waals surface area contributed by atoms with Crippen LogP contribution in [0.3, 0.4) is 0 Å². The molecule has 0 saturated carbocycles. The lowest BCUT2D eigenvalue weighted by atomic mass is 10.2. The molecule has 0 radical (unpaired) electrons. The quantitative estimate of drug-likeness (QED) is 0.485. The van der Waals surface area contributed by atoms with Gasteiger partial charge < -0.3 is 9.94 Å². The third-order valence-electron chi connectivity index (χ3n) is 1.20. The zero-order valence-corrected chi connectivity index (χ0v) is 6.83. The molecule has 0 aliphatic carbocycles. The van der Waals surface area contributed by atoms with Crippen LogP contribution in [0.25, 0.3) is 0 Å². The second-order valence-electron chi connectivity index (χ2n) is 2.03. The molecule has 0 aromatic rings. The van der Waals surface area contributed by atoms with Crippen molar-refractivity contribution in [3.8, 4) is 0 Å². The van der Waals surface area contributed by atoms with Gasteiger partial charge in [-0.15, -0.1) is 0 Å². The number of oxime groups is 1. The summed E-state index contributed by atoms with van der Waals surface area (Å²) >= 11 is 0. The summed E-state index contributed by atoms with van der Waals surface area (Å²) in [6.45, 7) is 3.54. The molecule has 0 aliphatic heterocycles. The molecule has 0 fully saturated rings. The van der Waals surface area contributed by atoms with Gasteiger partial charge in [-0.1, -0.05) is 19.0 Å². The zero-order valence-electron chi connectivity index (χ0n) is 6.83. The van der Waals surface area contributed by atoms with E-state index in [1.54, 1.807) is 0 Å². The van der Waals surface area contributed by atoms with Crippen LogP contribution in [-0.4, -0.2) is 23.4 Å². The van der Waals surface area contributed by atoms with Crippen molar-refractivity contribution in [3.05, 3.63) is 0 Å². The molecule has 0 spiro atoms. The Bertz CT molecular complexity index is 148. The van der Waals surface area contributed by atoms with E-state index in [-0.39, 0.29) is 6.61 Å². The van der Waals surface area contributed by atoms with Crippen molar-refractivity contribution in [2.24, 2.45) is 5.16 Å². The summed E-state index contributed by atoms with van der Waals surface area (Å²) in [5, 5.41) is 11.8. The molecule has 0 rings (SSSR count). The number of carboxylic acid groups (broad SMARTS) is 1. The minimum atomic E-state index is -1.000. The van der Waals surface area contributed by atoms with Crippen molar-refractivity contribution in [1.82, 2.24) is 0 Å². The molecule has 64 valence electrons. The smallest absolute Gasteiger partial charge is 0.344 e. The largest absolute Gasteiger partial charge is 0.479 e. The SMILES string of the molecule is CCC(CC)=NOCC(=O)O. The Kier molecular flexibility index (Phi) is 5.15. The number of hydrogen-bond acceptors (Lipinski definition) is 3. The molecule has 1 N–H and O–H groups in total. The summed E-state index contributed by atoms with van der Waals surface area (Å²) in [7, 11) is 0. The number of hydrogen-bond donors (Lipinski definition) is 1. The maximum Gasteiger partial charge on any atom is 0.344 e. The van der Waals surface area contributed by atoms with Gasteiger partial charge >= 0.3 is 5.97 Å². The topological polar surface area (TPSA) is 58.9 Å². The molecule has 4 heteroatoms. The molecule has 0 aromatic carbocycles. The number of aliphatic carboxylic acids is 1. The third kappa shape index (κ3) is 5.39. The number of rotatable bonds is 5. The first-order chi connectivity index (χ1) is 5.20. The van der Waals surface area contributed by atoms with Gasteiger partial charge in [-0.25, -0.2) is 4.79 Å². The molecule has 0 saturated heterocycles. The van der Waals surface area contributed by atoms with Gasteiger partial charge in [-0.2, -0.15) is 0 Å². The molecule has 11 heavy (non-hydrogen) atoms. The summed E-state index contributed by atoms with van der Waals surface area (Å²) in [5.74, 6) is -1.000. The highest BCUT2D eigenvalue weighted by Gasteiger charge is 1.96. The molecule has 0 unspecified atom stereocenters. The van der Waals surface area contributed by atoms with Crippen molar-refractivity contribution in [3.63, 3.8) is 0 Å². The van der Waals surface area contributed by atoms with Crippen molar-refractivity contribution in [2.45, 2.75) is 26.7 Å². The van der Waals surface area contributed by atoms with Crippen LogP contribution in [0.1, 0.15) is 26.7 Å². The van der Waals surface area contributed by atoms with E-state index in [0.717, 1.165) is 18.6 Å². The number of carboxylic acids is 1. The predicted molar refractivity (Wildman–Crippen MR) is 41.6 cm³/mol. The second-order valence-corrected chi connectivity index (χ2v) is 2.03. The number of carbonyl (C=O) groups is 1. The normalized spacial score (nSPS) is 8.91. The van der Waals surface area contributed by atoms with E-state index in [0.29, 0.717) is 0 Å². The van der Waals surface area contributed by atoms with Crippen LogP contribution in [0.5, 0.6) is 0 Å². The fourth-order valence-electron chi connectivity index (χ4n) is 0.558. The van der Waals surface area contributed by atoms with Gasteiger partial charge in [0.15, 0.2) is 0 Å². The molecular weight excluding hydrogens is 146 g/mol. The van der Waals surface area contributed by atoms with E-state index in [9.17, 15) is 4.79 Å². The predicted octanol–water partition coefficient (Wildman–Crippen LogP) is 1.26. The molecule has 0 bridgehead atoms. The highest BCUT2D eigenvalue weighted by atomic mass is 16.6. The van der Waals surface area contributed by atoms with E-state index < -0.39 is 5.97 Å². The molecule has 0 aromatic heterocycles. The van der Waals surface area contributed by atoms with Crippen LogP contribution in [0.15, 0.2) is 5.16 Å². The highest BCUT2D eigenvalue weighted by Crippen LogP contribution is 1.92. The fourth-order valence-corrected chi connectivity index (χ4v) is 0.558. The Morgan fingerprint density at radius 3 is 2.36 bits per heavy atom. The zero-order chi connectivity index (χ0) is 8.69. The van der Waals surface area contributed by atoms with E-state index >= 15 is 0 Å². The maximum absolute atomic E-state index is 9.96. The van der Waals surface area contributed by atoms with Crippen LogP contribution in [0, 0.1) is 0 Å². The standard InChI is InChI=1S/C7H13NO3/c1-3-6(4-2)8-11-5-7(9)10/h3-5H2,1-2H3,(H,9,10). The van der Waals surface area contributed by atoms with Crippen LogP contribution >= 0.6 is 0 Å². The van der Waals surface area contributed by atoms with Gasteiger partial charge in [-0.05, 0) is 12.8 Å². The summed E-state index contributed by atoms with van der Waals surface area (Å²) in [6, 6.07) is 0. The lowest BCUT2D eigenvalue weighted by Crippen LogP contribution is -2.05. The lowest BCUT2D eigenvalue weighted by molar-refractivity contribution is -0.142. The van der Waals surface area contributed by atoms with Crippen molar-refractivity contribution < 1.29 is 14.7 Å². The average molecular weight is 159 g/mol. The molecule has 0 aliphatic rings.